The lowest BCUT2D eigenvalue weighted by Crippen LogP contribution is -2.10. The monoisotopic (exact) mass is 202 g/mol. The summed E-state index contributed by atoms with van der Waals surface area (Å²) in [6.07, 6.45) is 0. The number of rotatable bonds is 3. The number of methoxy groups -OCH3 is 1. The van der Waals surface area contributed by atoms with Crippen molar-refractivity contribution in [1.82, 2.24) is 15.0 Å². The maximum absolute atomic E-state index is 7.00. The average molecular weight is 202 g/mol. The number of aliphatic hydroxyl groups is 1. The molecule has 0 spiro atoms. The van der Waals surface area contributed by atoms with Crippen molar-refractivity contribution in [1.29, 1.82) is 0 Å². The molecule has 1 aromatic heterocycles. The molecule has 8 nitrogen and oxygen atoms in total. The first-order chi connectivity index (χ1) is 6.72. The Hall–Kier alpha value is -1.67. The van der Waals surface area contributed by atoms with E-state index in [9.17, 15) is 0 Å². The van der Waals surface area contributed by atoms with Crippen molar-refractivity contribution in [3.63, 3.8) is 0 Å². The van der Waals surface area contributed by atoms with E-state index in [0.29, 0.717) is 12.7 Å². The van der Waals surface area contributed by atoms with Gasteiger partial charge in [0.15, 0.2) is 0 Å². The average Bonchev–Trinajstić information content (AvgIpc) is 2.16. The van der Waals surface area contributed by atoms with E-state index in [0.717, 1.165) is 7.11 Å². The Balaban J connectivity index is 0.000000791. The molecule has 0 aliphatic rings. The van der Waals surface area contributed by atoms with Gasteiger partial charge in [0, 0.05) is 14.2 Å². The van der Waals surface area contributed by atoms with Gasteiger partial charge >= 0.3 is 0 Å². The number of nitrogens with one attached hydrogen (secondary N) is 1. The van der Waals surface area contributed by atoms with Gasteiger partial charge in [0.05, 0.1) is 0 Å². The second kappa shape index (κ2) is 6.80. The fourth-order valence-electron chi connectivity index (χ4n) is 0.625. The van der Waals surface area contributed by atoms with Gasteiger partial charge < -0.3 is 26.6 Å². The zero-order chi connectivity index (χ0) is 11.0. The molecule has 0 bridgehead atoms. The van der Waals surface area contributed by atoms with Crippen molar-refractivity contribution in [3.05, 3.63) is 0 Å². The number of nitrogens with zero attached hydrogens (tertiary/aromatic N) is 3. The van der Waals surface area contributed by atoms with E-state index in [1.165, 1.54) is 0 Å². The Morgan fingerprint density at radius 3 is 2.14 bits per heavy atom. The molecule has 80 valence electrons. The fraction of sp³-hybridized carbons (Fsp3) is 0.500. The maximum atomic E-state index is 7.00. The van der Waals surface area contributed by atoms with E-state index in [2.05, 4.69) is 20.3 Å². The molecule has 0 saturated heterocycles. The Morgan fingerprint density at radius 1 is 1.21 bits per heavy atom. The molecule has 8 heteroatoms. The van der Waals surface area contributed by atoms with Crippen LogP contribution in [0.1, 0.15) is 0 Å². The van der Waals surface area contributed by atoms with E-state index < -0.39 is 0 Å². The maximum Gasteiger partial charge on any atom is 0.231 e. The molecule has 14 heavy (non-hydrogen) atoms. The highest BCUT2D eigenvalue weighted by Crippen LogP contribution is 2.02. The van der Waals surface area contributed by atoms with Gasteiger partial charge in [-0.1, -0.05) is 0 Å². The molecule has 0 saturated carbocycles. The van der Waals surface area contributed by atoms with Crippen LogP contribution >= 0.6 is 0 Å². The Labute approximate surface area is 81.3 Å². The summed E-state index contributed by atoms with van der Waals surface area (Å²) in [7, 11) is 2.54. The summed E-state index contributed by atoms with van der Waals surface area (Å²) in [6.45, 7) is 0.295. The first-order valence-corrected chi connectivity index (χ1v) is 3.67. The topological polar surface area (TPSA) is 132 Å². The summed E-state index contributed by atoms with van der Waals surface area (Å²) in [6, 6.07) is 0. The molecular weight excluding hydrogens is 188 g/mol. The van der Waals surface area contributed by atoms with Crippen molar-refractivity contribution in [2.24, 2.45) is 0 Å². The molecule has 0 aromatic carbocycles. The van der Waals surface area contributed by atoms with E-state index in [-0.39, 0.29) is 11.9 Å². The standard InChI is InChI=1S/C5H10N6O.CH4O/c1-12-2-8-5-10-3(6)9-4(7)11-5;1-2/h2H2,1H3,(H5,6,7,8,9,10,11);2H,1H3. The third-order valence-electron chi connectivity index (χ3n) is 1.04. The third-order valence-corrected chi connectivity index (χ3v) is 1.04. The normalized spacial score (nSPS) is 8.79. The van der Waals surface area contributed by atoms with Crippen molar-refractivity contribution < 1.29 is 9.84 Å². The van der Waals surface area contributed by atoms with E-state index in [4.69, 9.17) is 21.3 Å². The number of anilines is 3. The minimum absolute atomic E-state index is 0.0844. The summed E-state index contributed by atoms with van der Waals surface area (Å²) in [5, 5.41) is 9.73. The van der Waals surface area contributed by atoms with E-state index in [1.54, 1.807) is 7.11 Å². The molecule has 0 unspecified atom stereocenters. The van der Waals surface area contributed by atoms with Gasteiger partial charge in [0.25, 0.3) is 0 Å². The zero-order valence-corrected chi connectivity index (χ0v) is 8.06. The van der Waals surface area contributed by atoms with Crippen LogP contribution in [0.4, 0.5) is 17.8 Å². The SMILES string of the molecule is CO.COCNc1nc(N)nc(N)n1. The summed E-state index contributed by atoms with van der Waals surface area (Å²) < 4.78 is 4.73. The van der Waals surface area contributed by atoms with Crippen LogP contribution in [-0.4, -0.2) is 41.0 Å². The largest absolute Gasteiger partial charge is 0.400 e. The highest BCUT2D eigenvalue weighted by atomic mass is 16.5. The van der Waals surface area contributed by atoms with Crippen LogP contribution in [0, 0.1) is 0 Å². The Kier molecular flexibility index (Phi) is 5.99. The highest BCUT2D eigenvalue weighted by Gasteiger charge is 1.98. The highest BCUT2D eigenvalue weighted by molar-refractivity contribution is 5.36. The third kappa shape index (κ3) is 4.38. The van der Waals surface area contributed by atoms with Crippen LogP contribution < -0.4 is 16.8 Å². The lowest BCUT2D eigenvalue weighted by atomic mass is 10.8. The number of aromatic nitrogens is 3. The number of nitrogen functional groups attached to an aromatic ring is 2. The second-order valence-corrected chi connectivity index (χ2v) is 1.99. The lowest BCUT2D eigenvalue weighted by Gasteiger charge is -2.03. The van der Waals surface area contributed by atoms with Gasteiger partial charge in [0.1, 0.15) is 6.73 Å². The number of aliphatic hydroxyl groups excluding tert-OH is 1. The van der Waals surface area contributed by atoms with Crippen LogP contribution in [0.25, 0.3) is 0 Å². The summed E-state index contributed by atoms with van der Waals surface area (Å²) in [5.41, 5.74) is 10.6. The second-order valence-electron chi connectivity index (χ2n) is 1.99. The zero-order valence-electron chi connectivity index (χ0n) is 8.06. The quantitative estimate of drug-likeness (QED) is 0.443. The summed E-state index contributed by atoms with van der Waals surface area (Å²) in [4.78, 5) is 11.1. The van der Waals surface area contributed by atoms with Gasteiger partial charge in [-0.15, -0.1) is 0 Å². The Bertz CT molecular complexity index is 248. The fourth-order valence-corrected chi connectivity index (χ4v) is 0.625. The molecule has 0 amide bonds. The van der Waals surface area contributed by atoms with Crippen LogP contribution in [-0.2, 0) is 4.74 Å². The molecule has 0 aliphatic heterocycles. The van der Waals surface area contributed by atoms with Crippen molar-refractivity contribution in [3.8, 4) is 0 Å². The van der Waals surface area contributed by atoms with Gasteiger partial charge in [-0.25, -0.2) is 0 Å². The smallest absolute Gasteiger partial charge is 0.231 e. The first-order valence-electron chi connectivity index (χ1n) is 3.67. The predicted molar refractivity (Wildman–Crippen MR) is 52.3 cm³/mol. The molecule has 1 heterocycles. The number of nitrogens with two attached hydrogens (primary N) is 2. The molecule has 1 rings (SSSR count). The molecular formula is C6H14N6O2. The van der Waals surface area contributed by atoms with Crippen molar-refractivity contribution in [2.45, 2.75) is 0 Å². The lowest BCUT2D eigenvalue weighted by molar-refractivity contribution is 0.220. The summed E-state index contributed by atoms with van der Waals surface area (Å²) in [5.74, 6) is 0.476. The summed E-state index contributed by atoms with van der Waals surface area (Å²) >= 11 is 0. The van der Waals surface area contributed by atoms with Gasteiger partial charge in [-0.05, 0) is 0 Å². The molecule has 6 N–H and O–H groups in total. The minimum atomic E-state index is 0.0844. The number of ether oxygens (including phenoxy) is 1. The first kappa shape index (κ1) is 12.3. The molecule has 1 aromatic rings. The van der Waals surface area contributed by atoms with Gasteiger partial charge in [-0.3, -0.25) is 0 Å². The predicted octanol–water partition coefficient (Wildman–Crippen LogP) is -1.34. The minimum Gasteiger partial charge on any atom is -0.400 e. The molecule has 0 fully saturated rings. The number of hydrogen-bond donors (Lipinski definition) is 4. The van der Waals surface area contributed by atoms with Crippen LogP contribution in [0.5, 0.6) is 0 Å². The molecule has 0 aliphatic carbocycles. The number of hydrogen-bond acceptors (Lipinski definition) is 8. The van der Waals surface area contributed by atoms with E-state index >= 15 is 0 Å². The van der Waals surface area contributed by atoms with Crippen LogP contribution in [0.2, 0.25) is 0 Å². The molecule has 0 atom stereocenters. The van der Waals surface area contributed by atoms with Crippen LogP contribution in [0.15, 0.2) is 0 Å². The van der Waals surface area contributed by atoms with Crippen LogP contribution in [0.3, 0.4) is 0 Å². The van der Waals surface area contributed by atoms with E-state index in [1.807, 2.05) is 0 Å². The van der Waals surface area contributed by atoms with Gasteiger partial charge in [0.2, 0.25) is 17.8 Å². The van der Waals surface area contributed by atoms with Crippen molar-refractivity contribution in [2.75, 3.05) is 37.7 Å². The van der Waals surface area contributed by atoms with Crippen molar-refractivity contribution >= 4 is 17.8 Å². The van der Waals surface area contributed by atoms with Gasteiger partial charge in [-0.2, -0.15) is 15.0 Å². The molecule has 0 radical (unpaired) electrons. The Morgan fingerprint density at radius 2 is 1.71 bits per heavy atom.